The zero-order chi connectivity index (χ0) is 8.55. The van der Waals surface area contributed by atoms with E-state index in [9.17, 15) is 0 Å². The van der Waals surface area contributed by atoms with Crippen LogP contribution in [0.5, 0.6) is 0 Å². The standard InChI is InChI=1S/C11H21N/c1-9-5-3-6-10-7-4-8-12(2)11(9)10/h9-11H,3-8H2,1-2H3/t9?,10-,11-/m0/s1. The zero-order valence-corrected chi connectivity index (χ0v) is 8.42. The van der Waals surface area contributed by atoms with Crippen LogP contribution in [0.15, 0.2) is 0 Å². The van der Waals surface area contributed by atoms with Crippen molar-refractivity contribution >= 4 is 0 Å². The first-order valence-electron chi connectivity index (χ1n) is 5.49. The first-order valence-corrected chi connectivity index (χ1v) is 5.49. The molecule has 2 aliphatic rings. The van der Waals surface area contributed by atoms with Crippen molar-refractivity contribution in [2.75, 3.05) is 13.6 Å². The van der Waals surface area contributed by atoms with Gasteiger partial charge in [0.25, 0.3) is 0 Å². The Labute approximate surface area is 76.1 Å². The number of rotatable bonds is 0. The Hall–Kier alpha value is -0.0400. The molecule has 0 aromatic carbocycles. The molecule has 2 fully saturated rings. The highest BCUT2D eigenvalue weighted by atomic mass is 15.1. The first kappa shape index (κ1) is 8.55. The lowest BCUT2D eigenvalue weighted by Crippen LogP contribution is -2.48. The van der Waals surface area contributed by atoms with E-state index < -0.39 is 0 Å². The maximum atomic E-state index is 2.61. The third kappa shape index (κ3) is 1.39. The van der Waals surface area contributed by atoms with Crippen LogP contribution in [0, 0.1) is 11.8 Å². The molecule has 3 atom stereocenters. The van der Waals surface area contributed by atoms with Crippen LogP contribution in [0.2, 0.25) is 0 Å². The largest absolute Gasteiger partial charge is 0.303 e. The van der Waals surface area contributed by atoms with Crippen molar-refractivity contribution < 1.29 is 0 Å². The summed E-state index contributed by atoms with van der Waals surface area (Å²) in [7, 11) is 2.32. The number of likely N-dealkylation sites (tertiary alicyclic amines) is 1. The number of hydrogen-bond donors (Lipinski definition) is 0. The minimum Gasteiger partial charge on any atom is -0.303 e. The molecule has 1 heterocycles. The summed E-state index contributed by atoms with van der Waals surface area (Å²) in [5.41, 5.74) is 0. The van der Waals surface area contributed by atoms with E-state index in [1.54, 1.807) is 0 Å². The van der Waals surface area contributed by atoms with Gasteiger partial charge in [0, 0.05) is 6.04 Å². The van der Waals surface area contributed by atoms with E-state index in [0.717, 1.165) is 17.9 Å². The Bertz CT molecular complexity index is 139. The SMILES string of the molecule is CC1CCC[C@H]2CCCN(C)[C@@H]12. The molecular weight excluding hydrogens is 146 g/mol. The molecule has 0 amide bonds. The Morgan fingerprint density at radius 1 is 1.08 bits per heavy atom. The topological polar surface area (TPSA) is 3.24 Å². The van der Waals surface area contributed by atoms with Gasteiger partial charge in [0.05, 0.1) is 0 Å². The van der Waals surface area contributed by atoms with Gasteiger partial charge in [-0.05, 0) is 51.1 Å². The molecule has 70 valence electrons. The summed E-state index contributed by atoms with van der Waals surface area (Å²) in [5, 5.41) is 0. The molecule has 1 saturated carbocycles. The predicted molar refractivity (Wildman–Crippen MR) is 52.2 cm³/mol. The summed E-state index contributed by atoms with van der Waals surface area (Å²) in [6, 6.07) is 0.924. The molecule has 0 aromatic heterocycles. The van der Waals surface area contributed by atoms with Gasteiger partial charge in [0.2, 0.25) is 0 Å². The molecule has 1 aliphatic heterocycles. The average molecular weight is 167 g/mol. The van der Waals surface area contributed by atoms with Crippen LogP contribution in [0.3, 0.4) is 0 Å². The predicted octanol–water partition coefficient (Wildman–Crippen LogP) is 2.52. The van der Waals surface area contributed by atoms with Gasteiger partial charge in [-0.3, -0.25) is 0 Å². The van der Waals surface area contributed by atoms with Gasteiger partial charge in [0.1, 0.15) is 0 Å². The molecule has 1 nitrogen and oxygen atoms in total. The van der Waals surface area contributed by atoms with E-state index in [-0.39, 0.29) is 0 Å². The second kappa shape index (κ2) is 3.37. The van der Waals surface area contributed by atoms with Crippen molar-refractivity contribution in [1.29, 1.82) is 0 Å². The summed E-state index contributed by atoms with van der Waals surface area (Å²) >= 11 is 0. The van der Waals surface area contributed by atoms with Gasteiger partial charge in [0.15, 0.2) is 0 Å². The van der Waals surface area contributed by atoms with E-state index in [1.807, 2.05) is 0 Å². The highest BCUT2D eigenvalue weighted by Gasteiger charge is 2.35. The minimum absolute atomic E-state index is 0.924. The van der Waals surface area contributed by atoms with Crippen molar-refractivity contribution in [3.63, 3.8) is 0 Å². The molecule has 1 heteroatoms. The van der Waals surface area contributed by atoms with Crippen molar-refractivity contribution in [1.82, 2.24) is 4.90 Å². The molecule has 1 aliphatic carbocycles. The molecule has 1 saturated heterocycles. The Balaban J connectivity index is 2.07. The van der Waals surface area contributed by atoms with Crippen LogP contribution in [0.1, 0.15) is 39.0 Å². The molecule has 0 radical (unpaired) electrons. The number of nitrogens with zero attached hydrogens (tertiary/aromatic N) is 1. The lowest BCUT2D eigenvalue weighted by Gasteiger charge is -2.45. The van der Waals surface area contributed by atoms with Crippen LogP contribution in [-0.2, 0) is 0 Å². The fraction of sp³-hybridized carbons (Fsp3) is 1.00. The van der Waals surface area contributed by atoms with Crippen LogP contribution in [0.4, 0.5) is 0 Å². The first-order chi connectivity index (χ1) is 5.79. The molecule has 2 rings (SSSR count). The van der Waals surface area contributed by atoms with Gasteiger partial charge < -0.3 is 4.90 Å². The minimum atomic E-state index is 0.924. The maximum absolute atomic E-state index is 2.61. The molecule has 1 unspecified atom stereocenters. The summed E-state index contributed by atoms with van der Waals surface area (Å²) < 4.78 is 0. The second-order valence-corrected chi connectivity index (χ2v) is 4.78. The van der Waals surface area contributed by atoms with Crippen molar-refractivity contribution in [3.8, 4) is 0 Å². The summed E-state index contributed by atoms with van der Waals surface area (Å²) in [5.74, 6) is 1.99. The molecule has 0 spiro atoms. The zero-order valence-electron chi connectivity index (χ0n) is 8.42. The van der Waals surface area contributed by atoms with E-state index in [4.69, 9.17) is 0 Å². The highest BCUT2D eigenvalue weighted by molar-refractivity contribution is 4.89. The number of fused-ring (bicyclic) bond motifs is 1. The lowest BCUT2D eigenvalue weighted by atomic mass is 9.73. The molecule has 0 aromatic rings. The fourth-order valence-corrected chi connectivity index (χ4v) is 3.37. The molecule has 0 N–H and O–H groups in total. The van der Waals surface area contributed by atoms with Crippen LogP contribution < -0.4 is 0 Å². The van der Waals surface area contributed by atoms with Crippen molar-refractivity contribution in [3.05, 3.63) is 0 Å². The van der Waals surface area contributed by atoms with Gasteiger partial charge in [-0.15, -0.1) is 0 Å². The third-order valence-electron chi connectivity index (χ3n) is 3.90. The van der Waals surface area contributed by atoms with Gasteiger partial charge in [-0.25, -0.2) is 0 Å². The quantitative estimate of drug-likeness (QED) is 0.536. The summed E-state index contributed by atoms with van der Waals surface area (Å²) in [4.78, 5) is 2.61. The molecular formula is C11H21N. The smallest absolute Gasteiger partial charge is 0.0146 e. The molecule has 12 heavy (non-hydrogen) atoms. The number of piperidine rings is 1. The van der Waals surface area contributed by atoms with Gasteiger partial charge in [-0.2, -0.15) is 0 Å². The lowest BCUT2D eigenvalue weighted by molar-refractivity contribution is 0.0448. The van der Waals surface area contributed by atoms with Crippen molar-refractivity contribution in [2.24, 2.45) is 11.8 Å². The van der Waals surface area contributed by atoms with Crippen molar-refractivity contribution in [2.45, 2.75) is 45.1 Å². The second-order valence-electron chi connectivity index (χ2n) is 4.78. The summed E-state index contributed by atoms with van der Waals surface area (Å²) in [6.07, 6.45) is 7.38. The average Bonchev–Trinajstić information content (AvgIpc) is 2.04. The Kier molecular flexibility index (Phi) is 2.40. The molecule has 0 bridgehead atoms. The Morgan fingerprint density at radius 3 is 2.58 bits per heavy atom. The monoisotopic (exact) mass is 167 g/mol. The Morgan fingerprint density at radius 2 is 1.83 bits per heavy atom. The van der Waals surface area contributed by atoms with Crippen LogP contribution in [0.25, 0.3) is 0 Å². The fourth-order valence-electron chi connectivity index (χ4n) is 3.37. The van der Waals surface area contributed by atoms with Gasteiger partial charge in [-0.1, -0.05) is 13.3 Å². The van der Waals surface area contributed by atoms with Crippen LogP contribution >= 0.6 is 0 Å². The van der Waals surface area contributed by atoms with E-state index in [0.29, 0.717) is 0 Å². The normalized spacial score (nSPS) is 44.0. The third-order valence-corrected chi connectivity index (χ3v) is 3.90. The van der Waals surface area contributed by atoms with Crippen LogP contribution in [-0.4, -0.2) is 24.5 Å². The van der Waals surface area contributed by atoms with E-state index >= 15 is 0 Å². The van der Waals surface area contributed by atoms with E-state index in [1.165, 1.54) is 38.6 Å². The summed E-state index contributed by atoms with van der Waals surface area (Å²) in [6.45, 7) is 3.78. The maximum Gasteiger partial charge on any atom is 0.0146 e. The number of hydrogen-bond acceptors (Lipinski definition) is 1. The highest BCUT2D eigenvalue weighted by Crippen LogP contribution is 2.37. The van der Waals surface area contributed by atoms with Gasteiger partial charge >= 0.3 is 0 Å². The van der Waals surface area contributed by atoms with E-state index in [2.05, 4.69) is 18.9 Å².